The van der Waals surface area contributed by atoms with Crippen molar-refractivity contribution in [1.29, 1.82) is 0 Å². The van der Waals surface area contributed by atoms with Crippen molar-refractivity contribution >= 4 is 5.97 Å². The standard InChI is InChI=1S/C7H13O4/c1-4-10-6(8)7(9-3)11-5-2/h4-5H2,1-3H3. The zero-order valence-electron chi connectivity index (χ0n) is 7.05. The predicted molar refractivity (Wildman–Crippen MR) is 38.5 cm³/mol. The van der Waals surface area contributed by atoms with E-state index in [1.54, 1.807) is 13.8 Å². The van der Waals surface area contributed by atoms with Gasteiger partial charge in [-0.05, 0) is 13.8 Å². The highest BCUT2D eigenvalue weighted by atomic mass is 16.7. The van der Waals surface area contributed by atoms with E-state index in [0.717, 1.165) is 0 Å². The van der Waals surface area contributed by atoms with Gasteiger partial charge >= 0.3 is 12.3 Å². The smallest absolute Gasteiger partial charge is 0.373 e. The van der Waals surface area contributed by atoms with Gasteiger partial charge in [-0.25, -0.2) is 4.79 Å². The van der Waals surface area contributed by atoms with Crippen LogP contribution in [0.2, 0.25) is 0 Å². The van der Waals surface area contributed by atoms with Crippen molar-refractivity contribution < 1.29 is 19.0 Å². The monoisotopic (exact) mass is 161 g/mol. The molecule has 0 aliphatic heterocycles. The Kier molecular flexibility index (Phi) is 5.78. The fraction of sp³-hybridized carbons (Fsp3) is 0.714. The van der Waals surface area contributed by atoms with Crippen LogP contribution < -0.4 is 0 Å². The number of hydrogen-bond acceptors (Lipinski definition) is 4. The molecule has 0 N–H and O–H groups in total. The lowest BCUT2D eigenvalue weighted by atomic mass is 10.6. The highest BCUT2D eigenvalue weighted by molar-refractivity contribution is 5.80. The molecule has 1 radical (unpaired) electrons. The normalized spacial score (nSPS) is 10.2. The van der Waals surface area contributed by atoms with Crippen molar-refractivity contribution in [3.05, 3.63) is 6.29 Å². The molecule has 0 saturated carbocycles. The Hall–Kier alpha value is -0.610. The minimum atomic E-state index is -0.558. The zero-order chi connectivity index (χ0) is 8.69. The van der Waals surface area contributed by atoms with Crippen molar-refractivity contribution in [2.75, 3.05) is 20.3 Å². The van der Waals surface area contributed by atoms with E-state index < -0.39 is 5.97 Å². The third kappa shape index (κ3) is 3.95. The van der Waals surface area contributed by atoms with Crippen LogP contribution in [0.25, 0.3) is 0 Å². The molecule has 0 aliphatic carbocycles. The molecule has 0 aromatic carbocycles. The first-order valence-electron chi connectivity index (χ1n) is 3.47. The summed E-state index contributed by atoms with van der Waals surface area (Å²) < 4.78 is 14.1. The van der Waals surface area contributed by atoms with E-state index in [2.05, 4.69) is 9.47 Å². The maximum atomic E-state index is 10.9. The number of methoxy groups -OCH3 is 1. The molecule has 0 amide bonds. The Balaban J connectivity index is 3.71. The average molecular weight is 161 g/mol. The second-order valence-electron chi connectivity index (χ2n) is 1.65. The van der Waals surface area contributed by atoms with Crippen molar-refractivity contribution in [1.82, 2.24) is 0 Å². The molecule has 0 heterocycles. The van der Waals surface area contributed by atoms with E-state index in [4.69, 9.17) is 4.74 Å². The summed E-state index contributed by atoms with van der Waals surface area (Å²) in [5.74, 6) is -0.558. The Labute approximate surface area is 66.4 Å². The van der Waals surface area contributed by atoms with Gasteiger partial charge in [0, 0.05) is 13.7 Å². The number of ether oxygens (including phenoxy) is 3. The fourth-order valence-corrected chi connectivity index (χ4v) is 0.522. The van der Waals surface area contributed by atoms with Gasteiger partial charge < -0.3 is 14.2 Å². The van der Waals surface area contributed by atoms with Crippen LogP contribution in [-0.2, 0) is 19.0 Å². The van der Waals surface area contributed by atoms with Crippen molar-refractivity contribution in [3.63, 3.8) is 0 Å². The zero-order valence-corrected chi connectivity index (χ0v) is 7.05. The Morgan fingerprint density at radius 2 is 1.73 bits per heavy atom. The van der Waals surface area contributed by atoms with Gasteiger partial charge in [0.2, 0.25) is 0 Å². The summed E-state index contributed by atoms with van der Waals surface area (Å²) in [4.78, 5) is 10.9. The number of hydrogen-bond donors (Lipinski definition) is 0. The van der Waals surface area contributed by atoms with Crippen molar-refractivity contribution in [2.45, 2.75) is 13.8 Å². The Morgan fingerprint density at radius 3 is 2.09 bits per heavy atom. The lowest BCUT2D eigenvalue weighted by Gasteiger charge is -2.10. The van der Waals surface area contributed by atoms with Gasteiger partial charge in [0.1, 0.15) is 0 Å². The van der Waals surface area contributed by atoms with Crippen LogP contribution in [0, 0.1) is 6.29 Å². The molecule has 0 aromatic rings. The molecular formula is C7H13O4. The summed E-state index contributed by atoms with van der Waals surface area (Å²) >= 11 is 0. The third-order valence-corrected chi connectivity index (χ3v) is 0.903. The third-order valence-electron chi connectivity index (χ3n) is 0.903. The molecule has 65 valence electrons. The second-order valence-corrected chi connectivity index (χ2v) is 1.65. The van der Waals surface area contributed by atoms with Crippen molar-refractivity contribution in [2.24, 2.45) is 0 Å². The van der Waals surface area contributed by atoms with Crippen LogP contribution in [0.4, 0.5) is 0 Å². The quantitative estimate of drug-likeness (QED) is 0.557. The van der Waals surface area contributed by atoms with E-state index in [9.17, 15) is 4.79 Å². The van der Waals surface area contributed by atoms with Crippen LogP contribution in [0.15, 0.2) is 0 Å². The van der Waals surface area contributed by atoms with Gasteiger partial charge in [0.05, 0.1) is 6.61 Å². The van der Waals surface area contributed by atoms with E-state index >= 15 is 0 Å². The lowest BCUT2D eigenvalue weighted by Crippen LogP contribution is -2.20. The minimum Gasteiger partial charge on any atom is -0.462 e. The molecule has 0 fully saturated rings. The van der Waals surface area contributed by atoms with E-state index in [0.29, 0.717) is 13.2 Å². The number of carbonyl (C=O) groups excluding carboxylic acids is 1. The maximum Gasteiger partial charge on any atom is 0.373 e. The highest BCUT2D eigenvalue weighted by Gasteiger charge is 2.21. The summed E-state index contributed by atoms with van der Waals surface area (Å²) in [5.41, 5.74) is 0. The molecule has 0 aromatic heterocycles. The van der Waals surface area contributed by atoms with Gasteiger partial charge in [-0.3, -0.25) is 0 Å². The Bertz CT molecular complexity index is 113. The summed E-state index contributed by atoms with van der Waals surface area (Å²) in [6, 6.07) is 0. The molecule has 0 bridgehead atoms. The molecule has 0 unspecified atom stereocenters. The molecule has 11 heavy (non-hydrogen) atoms. The Morgan fingerprint density at radius 1 is 1.18 bits per heavy atom. The first kappa shape index (κ1) is 10.4. The fourth-order valence-electron chi connectivity index (χ4n) is 0.522. The van der Waals surface area contributed by atoms with Crippen LogP contribution in [0.1, 0.15) is 13.8 Å². The molecule has 0 saturated heterocycles. The lowest BCUT2D eigenvalue weighted by molar-refractivity contribution is -0.161. The van der Waals surface area contributed by atoms with Gasteiger partial charge in [0.15, 0.2) is 0 Å². The molecule has 4 nitrogen and oxygen atoms in total. The average Bonchev–Trinajstić information content (AvgIpc) is 2.00. The molecule has 0 rings (SSSR count). The van der Waals surface area contributed by atoms with Crippen molar-refractivity contribution in [3.8, 4) is 0 Å². The first-order valence-corrected chi connectivity index (χ1v) is 3.47. The van der Waals surface area contributed by atoms with E-state index in [1.165, 1.54) is 7.11 Å². The molecule has 4 heteroatoms. The molecule has 0 aliphatic rings. The summed E-state index contributed by atoms with van der Waals surface area (Å²) in [5, 5.41) is 0. The molecule has 0 spiro atoms. The SMILES string of the molecule is CCO[C](OC)C(=O)OCC. The van der Waals surface area contributed by atoms with Crippen LogP contribution in [-0.4, -0.2) is 26.3 Å². The minimum absolute atomic E-state index is 0.0886. The second kappa shape index (κ2) is 6.12. The van der Waals surface area contributed by atoms with E-state index in [-0.39, 0.29) is 6.29 Å². The largest absolute Gasteiger partial charge is 0.462 e. The number of rotatable bonds is 5. The maximum absolute atomic E-state index is 10.9. The highest BCUT2D eigenvalue weighted by Crippen LogP contribution is 2.04. The summed E-state index contributed by atoms with van der Waals surface area (Å²) in [6.45, 7) is 4.19. The summed E-state index contributed by atoms with van der Waals surface area (Å²) in [7, 11) is 1.36. The van der Waals surface area contributed by atoms with Gasteiger partial charge in [-0.15, -0.1) is 0 Å². The van der Waals surface area contributed by atoms with E-state index in [1.807, 2.05) is 0 Å². The van der Waals surface area contributed by atoms with Gasteiger partial charge in [-0.2, -0.15) is 0 Å². The molecule has 0 atom stereocenters. The first-order chi connectivity index (χ1) is 5.26. The summed E-state index contributed by atoms with van der Waals surface area (Å²) in [6.07, 6.45) is -0.0886. The topological polar surface area (TPSA) is 44.8 Å². The van der Waals surface area contributed by atoms with Gasteiger partial charge in [0.25, 0.3) is 0 Å². The van der Waals surface area contributed by atoms with Gasteiger partial charge in [-0.1, -0.05) is 0 Å². The van der Waals surface area contributed by atoms with Crippen LogP contribution in [0.3, 0.4) is 0 Å². The molecular weight excluding hydrogens is 148 g/mol. The van der Waals surface area contributed by atoms with Crippen LogP contribution >= 0.6 is 0 Å². The number of esters is 1. The number of carbonyl (C=O) groups is 1. The predicted octanol–water partition coefficient (Wildman–Crippen LogP) is 0.722. The van der Waals surface area contributed by atoms with Crippen LogP contribution in [0.5, 0.6) is 0 Å².